The van der Waals surface area contributed by atoms with Gasteiger partial charge in [0.15, 0.2) is 0 Å². The summed E-state index contributed by atoms with van der Waals surface area (Å²) in [7, 11) is 1.42. The van der Waals surface area contributed by atoms with Crippen LogP contribution >= 0.6 is 0 Å². The minimum Gasteiger partial charge on any atom is -0.481 e. The fourth-order valence-electron chi connectivity index (χ4n) is 3.03. The van der Waals surface area contributed by atoms with Crippen molar-refractivity contribution in [3.63, 3.8) is 0 Å². The molecule has 0 aromatic heterocycles. The normalized spacial score (nSPS) is 12.1. The molecular weight excluding hydrogens is 304 g/mol. The summed E-state index contributed by atoms with van der Waals surface area (Å²) in [6.45, 7) is 2.21. The second-order valence-corrected chi connectivity index (χ2v) is 6.83. The van der Waals surface area contributed by atoms with E-state index in [2.05, 4.69) is 11.7 Å². The number of carbonyl (C=O) groups excluding carboxylic acids is 1. The lowest BCUT2D eigenvalue weighted by molar-refractivity contribution is -0.142. The molecule has 0 spiro atoms. The molecule has 4 nitrogen and oxygen atoms in total. The number of rotatable bonds is 17. The molecule has 0 heterocycles. The van der Waals surface area contributed by atoms with E-state index in [0.29, 0.717) is 6.42 Å². The lowest BCUT2D eigenvalue weighted by atomic mass is 9.94. The minimum atomic E-state index is -0.623. The highest BCUT2D eigenvalue weighted by Gasteiger charge is 2.16. The Labute approximate surface area is 148 Å². The molecule has 0 aromatic rings. The van der Waals surface area contributed by atoms with Crippen LogP contribution in [0, 0.1) is 5.92 Å². The van der Waals surface area contributed by atoms with Crippen LogP contribution in [0.1, 0.15) is 103 Å². The lowest BCUT2D eigenvalue weighted by Gasteiger charge is -2.12. The average molecular weight is 343 g/mol. The summed E-state index contributed by atoms with van der Waals surface area (Å²) < 4.78 is 4.61. The second-order valence-electron chi connectivity index (χ2n) is 6.83. The number of ether oxygens (including phenoxy) is 1. The van der Waals surface area contributed by atoms with Crippen LogP contribution in [-0.4, -0.2) is 24.2 Å². The topological polar surface area (TPSA) is 63.6 Å². The molecule has 24 heavy (non-hydrogen) atoms. The summed E-state index contributed by atoms with van der Waals surface area (Å²) in [6, 6.07) is 0. The standard InChI is InChI=1S/C20H38O4/c1-3-4-5-6-9-12-15-18(20(22)23)16-13-10-7-8-11-14-17-19(21)24-2/h18H,3-17H2,1-2H3,(H,22,23). The molecule has 0 aliphatic rings. The second kappa shape index (κ2) is 16.8. The number of hydrogen-bond acceptors (Lipinski definition) is 3. The van der Waals surface area contributed by atoms with Gasteiger partial charge in [0.1, 0.15) is 0 Å². The third kappa shape index (κ3) is 14.5. The van der Waals surface area contributed by atoms with Crippen molar-refractivity contribution in [2.75, 3.05) is 7.11 Å². The van der Waals surface area contributed by atoms with Gasteiger partial charge >= 0.3 is 11.9 Å². The molecule has 0 aliphatic heterocycles. The Morgan fingerprint density at radius 2 is 1.25 bits per heavy atom. The predicted molar refractivity (Wildman–Crippen MR) is 98.1 cm³/mol. The molecule has 0 saturated carbocycles. The smallest absolute Gasteiger partial charge is 0.306 e. The molecule has 1 unspecified atom stereocenters. The quantitative estimate of drug-likeness (QED) is 0.271. The van der Waals surface area contributed by atoms with Gasteiger partial charge in [0.05, 0.1) is 13.0 Å². The van der Waals surface area contributed by atoms with Crippen LogP contribution in [-0.2, 0) is 14.3 Å². The van der Waals surface area contributed by atoms with E-state index < -0.39 is 5.97 Å². The Balaban J connectivity index is 3.54. The zero-order valence-electron chi connectivity index (χ0n) is 15.9. The molecule has 4 heteroatoms. The maximum Gasteiger partial charge on any atom is 0.306 e. The van der Waals surface area contributed by atoms with Crippen molar-refractivity contribution in [1.82, 2.24) is 0 Å². The van der Waals surface area contributed by atoms with E-state index in [4.69, 9.17) is 0 Å². The Hall–Kier alpha value is -1.06. The third-order valence-corrected chi connectivity index (χ3v) is 4.67. The summed E-state index contributed by atoms with van der Waals surface area (Å²) >= 11 is 0. The Bertz CT molecular complexity index is 315. The van der Waals surface area contributed by atoms with Gasteiger partial charge in [-0.15, -0.1) is 0 Å². The first kappa shape index (κ1) is 22.9. The largest absolute Gasteiger partial charge is 0.481 e. The molecule has 1 atom stereocenters. The third-order valence-electron chi connectivity index (χ3n) is 4.67. The summed E-state index contributed by atoms with van der Waals surface area (Å²) in [5.74, 6) is -0.911. The van der Waals surface area contributed by atoms with Gasteiger partial charge in [-0.2, -0.15) is 0 Å². The molecule has 0 saturated heterocycles. The molecule has 0 aliphatic carbocycles. The van der Waals surface area contributed by atoms with E-state index >= 15 is 0 Å². The predicted octanol–water partition coefficient (Wildman–Crippen LogP) is 5.73. The molecule has 0 radical (unpaired) electrons. The van der Waals surface area contributed by atoms with Gasteiger partial charge in [0.25, 0.3) is 0 Å². The zero-order chi connectivity index (χ0) is 18.0. The number of carboxylic acid groups (broad SMARTS) is 1. The Morgan fingerprint density at radius 1 is 0.792 bits per heavy atom. The van der Waals surface area contributed by atoms with E-state index in [1.54, 1.807) is 0 Å². The molecule has 0 fully saturated rings. The first-order valence-corrected chi connectivity index (χ1v) is 9.91. The van der Waals surface area contributed by atoms with Gasteiger partial charge in [0.2, 0.25) is 0 Å². The maximum absolute atomic E-state index is 11.3. The van der Waals surface area contributed by atoms with Crippen molar-refractivity contribution >= 4 is 11.9 Å². The van der Waals surface area contributed by atoms with E-state index in [1.165, 1.54) is 39.2 Å². The maximum atomic E-state index is 11.3. The van der Waals surface area contributed by atoms with Crippen molar-refractivity contribution in [1.29, 1.82) is 0 Å². The van der Waals surface area contributed by atoms with Gasteiger partial charge in [-0.1, -0.05) is 77.6 Å². The summed E-state index contributed by atoms with van der Waals surface area (Å²) in [5.41, 5.74) is 0. The highest BCUT2D eigenvalue weighted by molar-refractivity contribution is 5.69. The molecule has 0 amide bonds. The molecule has 142 valence electrons. The molecule has 1 N–H and O–H groups in total. The van der Waals surface area contributed by atoms with E-state index in [-0.39, 0.29) is 11.9 Å². The number of carboxylic acids is 1. The number of aliphatic carboxylic acids is 1. The van der Waals surface area contributed by atoms with Crippen LogP contribution in [0.25, 0.3) is 0 Å². The lowest BCUT2D eigenvalue weighted by Crippen LogP contribution is -2.13. The SMILES string of the molecule is CCCCCCCCC(CCCCCCCCC(=O)OC)C(=O)O. The highest BCUT2D eigenvalue weighted by atomic mass is 16.5. The van der Waals surface area contributed by atoms with Crippen LogP contribution < -0.4 is 0 Å². The van der Waals surface area contributed by atoms with Crippen molar-refractivity contribution in [2.45, 2.75) is 103 Å². The Morgan fingerprint density at radius 3 is 1.71 bits per heavy atom. The van der Waals surface area contributed by atoms with Gasteiger partial charge in [-0.05, 0) is 19.3 Å². The van der Waals surface area contributed by atoms with Crippen molar-refractivity contribution < 1.29 is 19.4 Å². The number of methoxy groups -OCH3 is 1. The molecular formula is C20H38O4. The first-order valence-electron chi connectivity index (χ1n) is 9.91. The summed E-state index contributed by atoms with van der Waals surface area (Å²) in [5, 5.41) is 9.32. The number of carbonyl (C=O) groups is 2. The van der Waals surface area contributed by atoms with Crippen molar-refractivity contribution in [2.24, 2.45) is 5.92 Å². The van der Waals surface area contributed by atoms with Gasteiger partial charge in [-0.3, -0.25) is 9.59 Å². The van der Waals surface area contributed by atoms with Crippen molar-refractivity contribution in [3.8, 4) is 0 Å². The highest BCUT2D eigenvalue weighted by Crippen LogP contribution is 2.19. The number of unbranched alkanes of at least 4 members (excludes halogenated alkanes) is 10. The molecule has 0 bridgehead atoms. The number of esters is 1. The van der Waals surface area contributed by atoms with Gasteiger partial charge < -0.3 is 9.84 Å². The fourth-order valence-corrected chi connectivity index (χ4v) is 3.03. The van der Waals surface area contributed by atoms with E-state index in [0.717, 1.165) is 57.8 Å². The average Bonchev–Trinajstić information content (AvgIpc) is 2.57. The van der Waals surface area contributed by atoms with Crippen LogP contribution in [0.5, 0.6) is 0 Å². The van der Waals surface area contributed by atoms with Gasteiger partial charge in [-0.25, -0.2) is 0 Å². The van der Waals surface area contributed by atoms with Crippen LogP contribution in [0.3, 0.4) is 0 Å². The summed E-state index contributed by atoms with van der Waals surface area (Å²) in [4.78, 5) is 22.3. The summed E-state index contributed by atoms with van der Waals surface area (Å²) in [6.07, 6.45) is 15.7. The van der Waals surface area contributed by atoms with Crippen LogP contribution in [0.15, 0.2) is 0 Å². The first-order chi connectivity index (χ1) is 11.6. The van der Waals surface area contributed by atoms with Crippen LogP contribution in [0.2, 0.25) is 0 Å². The zero-order valence-corrected chi connectivity index (χ0v) is 15.9. The van der Waals surface area contributed by atoms with E-state index in [1.807, 2.05) is 0 Å². The minimum absolute atomic E-state index is 0.131. The van der Waals surface area contributed by atoms with Crippen molar-refractivity contribution in [3.05, 3.63) is 0 Å². The van der Waals surface area contributed by atoms with E-state index in [9.17, 15) is 14.7 Å². The molecule has 0 aromatic carbocycles. The van der Waals surface area contributed by atoms with Crippen LogP contribution in [0.4, 0.5) is 0 Å². The fraction of sp³-hybridized carbons (Fsp3) is 0.900. The van der Waals surface area contributed by atoms with Gasteiger partial charge in [0, 0.05) is 6.42 Å². The Kier molecular flexibility index (Phi) is 16.0. The molecule has 0 rings (SSSR count). The monoisotopic (exact) mass is 342 g/mol. The number of hydrogen-bond donors (Lipinski definition) is 1.